The lowest BCUT2D eigenvalue weighted by Gasteiger charge is -2.13. The summed E-state index contributed by atoms with van der Waals surface area (Å²) in [5.41, 5.74) is 1.69. The van der Waals surface area contributed by atoms with E-state index in [1.807, 2.05) is 36.4 Å². The van der Waals surface area contributed by atoms with Gasteiger partial charge in [0.2, 0.25) is 0 Å². The first-order valence-electron chi connectivity index (χ1n) is 8.96. The van der Waals surface area contributed by atoms with Gasteiger partial charge in [-0.2, -0.15) is 0 Å². The molecule has 142 valence electrons. The monoisotopic (exact) mass is 375 g/mol. The summed E-state index contributed by atoms with van der Waals surface area (Å²) in [5, 5.41) is 2.85. The van der Waals surface area contributed by atoms with E-state index >= 15 is 0 Å². The minimum atomic E-state index is -0.246. The van der Waals surface area contributed by atoms with E-state index < -0.39 is 0 Å². The van der Waals surface area contributed by atoms with Crippen LogP contribution in [0.4, 0.5) is 5.69 Å². The number of amides is 1. The van der Waals surface area contributed by atoms with E-state index in [4.69, 9.17) is 9.47 Å². The van der Waals surface area contributed by atoms with Crippen LogP contribution in [-0.2, 0) is 0 Å². The molecule has 0 aliphatic heterocycles. The number of ether oxygens (including phenoxy) is 2. The van der Waals surface area contributed by atoms with Crippen LogP contribution in [0.25, 0.3) is 0 Å². The van der Waals surface area contributed by atoms with Crippen molar-refractivity contribution in [2.45, 2.75) is 6.92 Å². The third-order valence-corrected chi connectivity index (χ3v) is 4.03. The molecule has 3 aromatic carbocycles. The Labute approximate surface area is 163 Å². The van der Waals surface area contributed by atoms with Crippen molar-refractivity contribution < 1.29 is 19.1 Å². The van der Waals surface area contributed by atoms with E-state index in [2.05, 4.69) is 5.32 Å². The molecule has 0 bridgehead atoms. The van der Waals surface area contributed by atoms with Gasteiger partial charge in [-0.15, -0.1) is 0 Å². The second-order valence-corrected chi connectivity index (χ2v) is 6.07. The lowest BCUT2D eigenvalue weighted by molar-refractivity contribution is 0.100. The zero-order valence-electron chi connectivity index (χ0n) is 15.6. The maximum Gasteiger partial charge on any atom is 0.259 e. The first-order valence-corrected chi connectivity index (χ1v) is 8.96. The topological polar surface area (TPSA) is 64.6 Å². The van der Waals surface area contributed by atoms with Gasteiger partial charge in [0, 0.05) is 5.69 Å². The molecule has 0 saturated carbocycles. The van der Waals surface area contributed by atoms with Crippen molar-refractivity contribution >= 4 is 17.4 Å². The van der Waals surface area contributed by atoms with Gasteiger partial charge in [0.05, 0.1) is 11.1 Å². The predicted molar refractivity (Wildman–Crippen MR) is 108 cm³/mol. The van der Waals surface area contributed by atoms with Gasteiger partial charge in [-0.1, -0.05) is 42.5 Å². The number of carbonyl (C=O) groups excluding carboxylic acids is 2. The number of anilines is 1. The predicted octanol–water partition coefficient (Wildman–Crippen LogP) is 4.60. The number of rotatable bonds is 8. The second-order valence-electron chi connectivity index (χ2n) is 6.07. The fourth-order valence-electron chi connectivity index (χ4n) is 2.69. The number of Topliss-reactive ketones (excluding diaryl/α,β-unsaturated/α-hetero) is 1. The van der Waals surface area contributed by atoms with Crippen molar-refractivity contribution in [1.29, 1.82) is 0 Å². The lowest BCUT2D eigenvalue weighted by Crippen LogP contribution is -2.16. The number of benzene rings is 3. The summed E-state index contributed by atoms with van der Waals surface area (Å²) in [4.78, 5) is 24.2. The number of ketones is 1. The molecule has 0 aliphatic rings. The van der Waals surface area contributed by atoms with E-state index in [1.54, 1.807) is 42.5 Å². The Morgan fingerprint density at radius 1 is 0.714 bits per heavy atom. The van der Waals surface area contributed by atoms with Gasteiger partial charge in [-0.25, -0.2) is 0 Å². The number of hydrogen-bond acceptors (Lipinski definition) is 4. The summed E-state index contributed by atoms with van der Waals surface area (Å²) >= 11 is 0. The van der Waals surface area contributed by atoms with E-state index in [0.29, 0.717) is 28.3 Å². The molecule has 5 heteroatoms. The van der Waals surface area contributed by atoms with E-state index in [9.17, 15) is 9.59 Å². The molecular weight excluding hydrogens is 354 g/mol. The first kappa shape index (κ1) is 19.2. The highest BCUT2D eigenvalue weighted by molar-refractivity contribution is 6.06. The molecule has 0 fully saturated rings. The summed E-state index contributed by atoms with van der Waals surface area (Å²) < 4.78 is 11.4. The summed E-state index contributed by atoms with van der Waals surface area (Å²) in [7, 11) is 0. The fourth-order valence-corrected chi connectivity index (χ4v) is 2.69. The van der Waals surface area contributed by atoms with Crippen LogP contribution in [-0.4, -0.2) is 24.9 Å². The Hall–Kier alpha value is -3.60. The van der Waals surface area contributed by atoms with Gasteiger partial charge >= 0.3 is 0 Å². The first-order chi connectivity index (χ1) is 13.6. The number of para-hydroxylation sites is 3. The SMILES string of the molecule is CC(=O)c1ccccc1OCCOc1ccccc1C(=O)Nc1ccccc1. The largest absolute Gasteiger partial charge is 0.489 e. The molecule has 0 heterocycles. The number of nitrogens with one attached hydrogen (secondary N) is 1. The van der Waals surface area contributed by atoms with Crippen LogP contribution < -0.4 is 14.8 Å². The minimum Gasteiger partial charge on any atom is -0.489 e. The molecule has 0 unspecified atom stereocenters. The molecule has 1 N–H and O–H groups in total. The molecule has 3 aromatic rings. The van der Waals surface area contributed by atoms with Crippen LogP contribution in [0.2, 0.25) is 0 Å². The highest BCUT2D eigenvalue weighted by atomic mass is 16.5. The van der Waals surface area contributed by atoms with Crippen LogP contribution in [0.5, 0.6) is 11.5 Å². The van der Waals surface area contributed by atoms with Crippen molar-refractivity contribution in [2.24, 2.45) is 0 Å². The zero-order chi connectivity index (χ0) is 19.8. The van der Waals surface area contributed by atoms with Gasteiger partial charge in [0.15, 0.2) is 5.78 Å². The zero-order valence-corrected chi connectivity index (χ0v) is 15.6. The smallest absolute Gasteiger partial charge is 0.259 e. The van der Waals surface area contributed by atoms with E-state index in [0.717, 1.165) is 0 Å². The fraction of sp³-hybridized carbons (Fsp3) is 0.130. The lowest BCUT2D eigenvalue weighted by atomic mass is 10.1. The molecule has 0 atom stereocenters. The van der Waals surface area contributed by atoms with Crippen LogP contribution in [0.3, 0.4) is 0 Å². The standard InChI is InChI=1S/C23H21NO4/c1-17(25)19-11-5-7-13-21(19)27-15-16-28-22-14-8-6-12-20(22)23(26)24-18-9-3-2-4-10-18/h2-14H,15-16H2,1H3,(H,24,26). The maximum atomic E-state index is 12.5. The van der Waals surface area contributed by atoms with Crippen molar-refractivity contribution in [3.8, 4) is 11.5 Å². The van der Waals surface area contributed by atoms with Crippen molar-refractivity contribution in [3.63, 3.8) is 0 Å². The Morgan fingerprint density at radius 3 is 1.82 bits per heavy atom. The van der Waals surface area contributed by atoms with Gasteiger partial charge in [0.25, 0.3) is 5.91 Å². The molecule has 1 amide bonds. The molecule has 5 nitrogen and oxygen atoms in total. The van der Waals surface area contributed by atoms with E-state index in [-0.39, 0.29) is 24.9 Å². The van der Waals surface area contributed by atoms with Crippen LogP contribution >= 0.6 is 0 Å². The van der Waals surface area contributed by atoms with Crippen molar-refractivity contribution in [3.05, 3.63) is 90.0 Å². The normalized spacial score (nSPS) is 10.2. The molecule has 0 aliphatic carbocycles. The molecule has 0 radical (unpaired) electrons. The van der Waals surface area contributed by atoms with Crippen LogP contribution in [0.15, 0.2) is 78.9 Å². The summed E-state index contributed by atoms with van der Waals surface area (Å²) in [6.07, 6.45) is 0. The molecule has 0 aromatic heterocycles. The second kappa shape index (κ2) is 9.37. The third-order valence-electron chi connectivity index (χ3n) is 4.03. The molecule has 28 heavy (non-hydrogen) atoms. The summed E-state index contributed by atoms with van der Waals surface area (Å²) in [6.45, 7) is 1.99. The Morgan fingerprint density at radius 2 is 1.21 bits per heavy atom. The Bertz CT molecular complexity index is 954. The molecular formula is C23H21NO4. The summed E-state index contributed by atoms with van der Waals surface area (Å²) in [5.74, 6) is 0.692. The average Bonchev–Trinajstić information content (AvgIpc) is 2.72. The maximum absolute atomic E-state index is 12.5. The highest BCUT2D eigenvalue weighted by Gasteiger charge is 2.13. The number of hydrogen-bond donors (Lipinski definition) is 1. The molecule has 0 spiro atoms. The highest BCUT2D eigenvalue weighted by Crippen LogP contribution is 2.21. The van der Waals surface area contributed by atoms with Gasteiger partial charge < -0.3 is 14.8 Å². The summed E-state index contributed by atoms with van der Waals surface area (Å²) in [6, 6.07) is 23.4. The minimum absolute atomic E-state index is 0.0561. The average molecular weight is 375 g/mol. The Kier molecular flexibility index (Phi) is 6.41. The van der Waals surface area contributed by atoms with Crippen molar-refractivity contribution in [2.75, 3.05) is 18.5 Å². The van der Waals surface area contributed by atoms with Gasteiger partial charge in [0.1, 0.15) is 24.7 Å². The Balaban J connectivity index is 1.60. The third kappa shape index (κ3) is 4.98. The number of carbonyl (C=O) groups is 2. The van der Waals surface area contributed by atoms with Gasteiger partial charge in [-0.3, -0.25) is 9.59 Å². The van der Waals surface area contributed by atoms with Gasteiger partial charge in [-0.05, 0) is 43.3 Å². The van der Waals surface area contributed by atoms with Crippen molar-refractivity contribution in [1.82, 2.24) is 0 Å². The van der Waals surface area contributed by atoms with Crippen LogP contribution in [0, 0.1) is 0 Å². The van der Waals surface area contributed by atoms with E-state index in [1.165, 1.54) is 6.92 Å². The molecule has 3 rings (SSSR count). The quantitative estimate of drug-likeness (QED) is 0.462. The van der Waals surface area contributed by atoms with Crippen LogP contribution in [0.1, 0.15) is 27.6 Å². The molecule has 0 saturated heterocycles.